The van der Waals surface area contributed by atoms with E-state index in [9.17, 15) is 9.59 Å². The average Bonchev–Trinajstić information content (AvgIpc) is 3.25. The predicted octanol–water partition coefficient (Wildman–Crippen LogP) is 2.38. The van der Waals surface area contributed by atoms with Crippen molar-refractivity contribution in [2.24, 2.45) is 0 Å². The van der Waals surface area contributed by atoms with Crippen LogP contribution in [0.15, 0.2) is 53.2 Å². The molecule has 0 aliphatic rings. The van der Waals surface area contributed by atoms with E-state index in [1.165, 1.54) is 0 Å². The number of nitrogens with zero attached hydrogens (tertiary/aromatic N) is 4. The number of nitrogens with one attached hydrogen (secondary N) is 2. The molecule has 0 spiro atoms. The topological polar surface area (TPSA) is 123 Å². The monoisotopic (exact) mass is 394 g/mol. The molecular weight excluding hydrogens is 372 g/mol. The molecule has 0 bridgehead atoms. The van der Waals surface area contributed by atoms with E-state index in [-0.39, 0.29) is 18.9 Å². The Kier molecular flexibility index (Phi) is 7.39. The fourth-order valence-corrected chi connectivity index (χ4v) is 2.57. The van der Waals surface area contributed by atoms with Crippen LogP contribution in [0, 0.1) is 0 Å². The normalized spacial score (nSPS) is 10.5. The number of hydrogen-bond acceptors (Lipinski definition) is 8. The van der Waals surface area contributed by atoms with Crippen molar-refractivity contribution in [2.45, 2.75) is 32.2 Å². The van der Waals surface area contributed by atoms with Crippen LogP contribution in [0.5, 0.6) is 0 Å². The molecule has 9 nitrogen and oxygen atoms in total. The summed E-state index contributed by atoms with van der Waals surface area (Å²) in [5, 5.41) is 13.4. The van der Waals surface area contributed by atoms with Crippen LogP contribution >= 0.6 is 0 Å². The Bertz CT molecular complexity index is 914. The molecule has 1 aromatic carbocycles. The molecule has 0 saturated heterocycles. The lowest BCUT2D eigenvalue weighted by atomic mass is 10.1. The van der Waals surface area contributed by atoms with Gasteiger partial charge in [0.2, 0.25) is 23.5 Å². The zero-order valence-electron chi connectivity index (χ0n) is 15.9. The molecule has 0 atom stereocenters. The number of hydrogen-bond donors (Lipinski definition) is 2. The number of carbonyl (C=O) groups excluding carboxylic acids is 2. The fourth-order valence-electron chi connectivity index (χ4n) is 2.57. The van der Waals surface area contributed by atoms with Gasteiger partial charge in [-0.05, 0) is 31.0 Å². The van der Waals surface area contributed by atoms with Gasteiger partial charge in [-0.25, -0.2) is 9.97 Å². The first-order valence-corrected chi connectivity index (χ1v) is 9.42. The van der Waals surface area contributed by atoms with E-state index in [4.69, 9.17) is 4.42 Å². The van der Waals surface area contributed by atoms with Crippen molar-refractivity contribution in [2.75, 3.05) is 11.9 Å². The van der Waals surface area contributed by atoms with Crippen molar-refractivity contribution in [3.8, 4) is 11.5 Å². The van der Waals surface area contributed by atoms with Gasteiger partial charge >= 0.3 is 0 Å². The Labute approximate surface area is 168 Å². The minimum absolute atomic E-state index is 0.0192. The third-order valence-electron chi connectivity index (χ3n) is 4.07. The van der Waals surface area contributed by atoms with Crippen molar-refractivity contribution in [3.05, 3.63) is 54.7 Å². The van der Waals surface area contributed by atoms with Gasteiger partial charge in [-0.2, -0.15) is 0 Å². The number of anilines is 1. The number of unbranched alkanes of at least 4 members (excludes halogenated alkanes) is 2. The quantitative estimate of drug-likeness (QED) is 0.375. The van der Waals surface area contributed by atoms with Gasteiger partial charge in [-0.15, -0.1) is 10.2 Å². The van der Waals surface area contributed by atoms with Gasteiger partial charge in [-0.1, -0.05) is 24.6 Å². The summed E-state index contributed by atoms with van der Waals surface area (Å²) in [6.07, 6.45) is 5.86. The first-order valence-electron chi connectivity index (χ1n) is 9.42. The summed E-state index contributed by atoms with van der Waals surface area (Å²) in [5.41, 5.74) is 0.793. The second-order valence-electron chi connectivity index (χ2n) is 6.28. The van der Waals surface area contributed by atoms with Crippen molar-refractivity contribution < 1.29 is 14.0 Å². The van der Waals surface area contributed by atoms with Crippen LogP contribution in [0.25, 0.3) is 11.5 Å². The van der Waals surface area contributed by atoms with Crippen LogP contribution in [0.2, 0.25) is 0 Å². The van der Waals surface area contributed by atoms with E-state index in [1.807, 2.05) is 30.3 Å². The highest BCUT2D eigenvalue weighted by Crippen LogP contribution is 2.16. The molecule has 3 rings (SSSR count). The molecule has 0 unspecified atom stereocenters. The minimum Gasteiger partial charge on any atom is -0.419 e. The second kappa shape index (κ2) is 10.6. The van der Waals surface area contributed by atoms with Crippen molar-refractivity contribution in [1.82, 2.24) is 25.5 Å². The Morgan fingerprint density at radius 2 is 1.72 bits per heavy atom. The average molecular weight is 394 g/mol. The molecule has 0 aliphatic carbocycles. The summed E-state index contributed by atoms with van der Waals surface area (Å²) in [6, 6.07) is 11.1. The Morgan fingerprint density at radius 1 is 0.931 bits per heavy atom. The maximum Gasteiger partial charge on any atom is 0.287 e. The van der Waals surface area contributed by atoms with Crippen molar-refractivity contribution in [1.29, 1.82) is 0 Å². The SMILES string of the molecule is O=C(CCCCCNc1ncccn1)C(=O)NCc1nnc(-c2ccccc2)o1. The highest BCUT2D eigenvalue weighted by Gasteiger charge is 2.15. The van der Waals surface area contributed by atoms with Crippen molar-refractivity contribution in [3.63, 3.8) is 0 Å². The smallest absolute Gasteiger partial charge is 0.287 e. The van der Waals surface area contributed by atoms with Gasteiger partial charge in [0.25, 0.3) is 5.91 Å². The fraction of sp³-hybridized carbons (Fsp3) is 0.300. The number of benzene rings is 1. The number of carbonyl (C=O) groups is 2. The summed E-state index contributed by atoms with van der Waals surface area (Å²) < 4.78 is 5.50. The highest BCUT2D eigenvalue weighted by atomic mass is 16.4. The molecule has 0 fully saturated rings. The zero-order chi connectivity index (χ0) is 20.3. The largest absolute Gasteiger partial charge is 0.419 e. The predicted molar refractivity (Wildman–Crippen MR) is 106 cm³/mol. The molecule has 2 aromatic heterocycles. The molecular formula is C20H22N6O3. The lowest BCUT2D eigenvalue weighted by molar-refractivity contribution is -0.138. The summed E-state index contributed by atoms with van der Waals surface area (Å²) in [7, 11) is 0. The number of Topliss-reactive ketones (excluding diaryl/α,β-unsaturated/α-hetero) is 1. The van der Waals surface area contributed by atoms with Gasteiger partial charge in [0.05, 0.1) is 6.54 Å². The highest BCUT2D eigenvalue weighted by molar-refractivity contribution is 6.36. The van der Waals surface area contributed by atoms with Crippen LogP contribution in [-0.4, -0.2) is 38.4 Å². The van der Waals surface area contributed by atoms with E-state index in [0.29, 0.717) is 24.8 Å². The van der Waals surface area contributed by atoms with Crippen LogP contribution < -0.4 is 10.6 Å². The molecule has 2 heterocycles. The first-order chi connectivity index (χ1) is 14.2. The van der Waals surface area contributed by atoms with Crippen LogP contribution in [0.4, 0.5) is 5.95 Å². The number of rotatable bonds is 11. The summed E-state index contributed by atoms with van der Waals surface area (Å²) in [6.45, 7) is 0.733. The summed E-state index contributed by atoms with van der Waals surface area (Å²) in [4.78, 5) is 32.0. The number of aromatic nitrogens is 4. The Hall–Kier alpha value is -3.62. The van der Waals surface area contributed by atoms with Gasteiger partial charge in [0.1, 0.15) is 0 Å². The molecule has 29 heavy (non-hydrogen) atoms. The molecule has 0 radical (unpaired) electrons. The number of amides is 1. The zero-order valence-corrected chi connectivity index (χ0v) is 15.9. The standard InChI is InChI=1S/C20H22N6O3/c27-16(10-5-2-6-11-21-20-22-12-7-13-23-20)18(28)24-14-17-25-26-19(29-17)15-8-3-1-4-9-15/h1,3-4,7-9,12-13H,2,5-6,10-11,14H2,(H,24,28)(H,21,22,23). The van der Waals surface area contributed by atoms with Crippen LogP contribution in [0.3, 0.4) is 0 Å². The lowest BCUT2D eigenvalue weighted by Crippen LogP contribution is -2.30. The van der Waals surface area contributed by atoms with Crippen LogP contribution in [-0.2, 0) is 16.1 Å². The van der Waals surface area contributed by atoms with E-state index in [2.05, 4.69) is 30.8 Å². The van der Waals surface area contributed by atoms with E-state index in [0.717, 1.165) is 18.4 Å². The van der Waals surface area contributed by atoms with Crippen molar-refractivity contribution >= 4 is 17.6 Å². The molecule has 3 aromatic rings. The third-order valence-corrected chi connectivity index (χ3v) is 4.07. The maximum absolute atomic E-state index is 11.9. The van der Waals surface area contributed by atoms with Gasteiger partial charge in [-0.3, -0.25) is 9.59 Å². The molecule has 150 valence electrons. The Balaban J connectivity index is 1.30. The number of ketones is 1. The Morgan fingerprint density at radius 3 is 2.52 bits per heavy atom. The lowest BCUT2D eigenvalue weighted by Gasteiger charge is -2.04. The molecule has 9 heteroatoms. The van der Waals surface area contributed by atoms with Gasteiger partial charge in [0.15, 0.2) is 0 Å². The van der Waals surface area contributed by atoms with E-state index < -0.39 is 11.7 Å². The molecule has 2 N–H and O–H groups in total. The molecule has 0 aliphatic heterocycles. The van der Waals surface area contributed by atoms with Gasteiger partial charge in [0, 0.05) is 30.9 Å². The minimum atomic E-state index is -0.639. The van der Waals surface area contributed by atoms with Crippen LogP contribution in [0.1, 0.15) is 31.6 Å². The first kappa shape index (κ1) is 20.1. The molecule has 1 amide bonds. The van der Waals surface area contributed by atoms with E-state index >= 15 is 0 Å². The van der Waals surface area contributed by atoms with E-state index in [1.54, 1.807) is 18.5 Å². The summed E-state index contributed by atoms with van der Waals surface area (Å²) >= 11 is 0. The maximum atomic E-state index is 11.9. The molecule has 0 saturated carbocycles. The summed E-state index contributed by atoms with van der Waals surface area (Å²) in [5.74, 6) is 0.113. The second-order valence-corrected chi connectivity index (χ2v) is 6.28. The van der Waals surface area contributed by atoms with Gasteiger partial charge < -0.3 is 15.1 Å². The third kappa shape index (κ3) is 6.49.